The molecule has 0 saturated carbocycles. The number of hydrogen-bond donors (Lipinski definition) is 0. The first-order valence-corrected chi connectivity index (χ1v) is 10.4. The van der Waals surface area contributed by atoms with Gasteiger partial charge in [0, 0.05) is 30.1 Å². The number of nitro benzene ring substituents is 1. The molecule has 0 bridgehead atoms. The molecule has 9 heteroatoms. The maximum Gasteiger partial charge on any atom is 0.270 e. The van der Waals surface area contributed by atoms with E-state index in [4.69, 9.17) is 4.74 Å². The summed E-state index contributed by atoms with van der Waals surface area (Å²) < 4.78 is 6.44. The molecule has 0 spiro atoms. The van der Waals surface area contributed by atoms with Crippen LogP contribution in [0.3, 0.4) is 0 Å². The van der Waals surface area contributed by atoms with Crippen LogP contribution in [-0.4, -0.2) is 27.4 Å². The minimum absolute atomic E-state index is 0.141. The van der Waals surface area contributed by atoms with Crippen LogP contribution >= 0.6 is 11.3 Å². The van der Waals surface area contributed by atoms with Crippen molar-refractivity contribution < 1.29 is 14.5 Å². The number of non-ortho nitro benzene ring substituents is 1. The third-order valence-corrected chi connectivity index (χ3v) is 5.54. The number of rotatable bonds is 7. The molecule has 2 aromatic carbocycles. The quantitative estimate of drug-likeness (QED) is 0.305. The molecule has 0 unspecified atom stereocenters. The van der Waals surface area contributed by atoms with Crippen LogP contribution in [0, 0.1) is 10.1 Å². The van der Waals surface area contributed by atoms with Gasteiger partial charge in [-0.1, -0.05) is 23.5 Å². The highest BCUT2D eigenvalue weighted by Crippen LogP contribution is 2.33. The van der Waals surface area contributed by atoms with Crippen molar-refractivity contribution in [3.05, 3.63) is 88.2 Å². The summed E-state index contributed by atoms with van der Waals surface area (Å²) in [5.74, 6) is 0.352. The van der Waals surface area contributed by atoms with Crippen LogP contribution in [0.5, 0.6) is 5.75 Å². The van der Waals surface area contributed by atoms with Crippen molar-refractivity contribution in [1.82, 2.24) is 9.97 Å². The summed E-state index contributed by atoms with van der Waals surface area (Å²) >= 11 is 1.36. The van der Waals surface area contributed by atoms with Gasteiger partial charge in [-0.15, -0.1) is 0 Å². The summed E-state index contributed by atoms with van der Waals surface area (Å²) in [6.45, 7) is 2.69. The number of hydrogen-bond acceptors (Lipinski definition) is 7. The van der Waals surface area contributed by atoms with Crippen LogP contribution < -0.4 is 9.64 Å². The molecule has 0 aliphatic rings. The largest absolute Gasteiger partial charge is 0.494 e. The lowest BCUT2D eigenvalue weighted by Crippen LogP contribution is -2.30. The minimum atomic E-state index is -0.519. The predicted octanol–water partition coefficient (Wildman–Crippen LogP) is 4.85. The monoisotopic (exact) mass is 434 g/mol. The van der Waals surface area contributed by atoms with Crippen LogP contribution in [0.4, 0.5) is 10.8 Å². The molecule has 4 aromatic rings. The Kier molecular flexibility index (Phi) is 5.85. The van der Waals surface area contributed by atoms with Crippen LogP contribution in [-0.2, 0) is 6.54 Å². The molecule has 0 aliphatic carbocycles. The van der Waals surface area contributed by atoms with E-state index < -0.39 is 4.92 Å². The molecule has 156 valence electrons. The second kappa shape index (κ2) is 8.88. The summed E-state index contributed by atoms with van der Waals surface area (Å²) in [5, 5.41) is 11.6. The number of benzene rings is 2. The van der Waals surface area contributed by atoms with Crippen LogP contribution in [0.2, 0.25) is 0 Å². The highest BCUT2D eigenvalue weighted by molar-refractivity contribution is 7.22. The Hall–Kier alpha value is -3.85. The van der Waals surface area contributed by atoms with E-state index >= 15 is 0 Å². The number of anilines is 1. The molecule has 0 saturated heterocycles. The van der Waals surface area contributed by atoms with E-state index in [0.29, 0.717) is 11.7 Å². The summed E-state index contributed by atoms with van der Waals surface area (Å²) in [7, 11) is 0. The van der Waals surface area contributed by atoms with Gasteiger partial charge in [-0.05, 0) is 42.8 Å². The van der Waals surface area contributed by atoms with Crippen LogP contribution in [0.15, 0.2) is 67.0 Å². The number of carbonyl (C=O) groups excluding carboxylic acids is 1. The average Bonchev–Trinajstić information content (AvgIpc) is 3.21. The molecule has 2 heterocycles. The number of pyridine rings is 1. The fourth-order valence-corrected chi connectivity index (χ4v) is 4.07. The van der Waals surface area contributed by atoms with E-state index in [1.165, 1.54) is 34.4 Å². The fraction of sp³-hybridized carbons (Fsp3) is 0.136. The second-order valence-corrected chi connectivity index (χ2v) is 7.63. The first kappa shape index (κ1) is 20.4. The standard InChI is InChI=1S/C22H18N4O4S/c1-2-30-18-8-9-19-20(12-18)31-22(24-19)25(14-15-5-4-10-23-13-15)21(27)16-6-3-7-17(11-16)26(28)29/h3-13H,2,14H2,1H3. The zero-order chi connectivity index (χ0) is 21.8. The van der Waals surface area contributed by atoms with Crippen molar-refractivity contribution in [3.8, 4) is 5.75 Å². The Balaban J connectivity index is 1.75. The summed E-state index contributed by atoms with van der Waals surface area (Å²) in [6.07, 6.45) is 3.33. The van der Waals surface area contributed by atoms with E-state index in [1.54, 1.807) is 24.5 Å². The first-order chi connectivity index (χ1) is 15.0. The van der Waals surface area contributed by atoms with Crippen LogP contribution in [0.25, 0.3) is 10.2 Å². The molecule has 4 rings (SSSR count). The molecule has 8 nitrogen and oxygen atoms in total. The third kappa shape index (κ3) is 4.51. The topological polar surface area (TPSA) is 98.5 Å². The Morgan fingerprint density at radius 2 is 2.06 bits per heavy atom. The van der Waals surface area contributed by atoms with E-state index in [-0.39, 0.29) is 23.7 Å². The Bertz CT molecular complexity index is 1240. The number of carbonyl (C=O) groups is 1. The number of fused-ring (bicyclic) bond motifs is 1. The molecule has 0 N–H and O–H groups in total. The molecule has 0 atom stereocenters. The molecule has 1 amide bonds. The number of nitro groups is 1. The van der Waals surface area contributed by atoms with Crippen molar-refractivity contribution >= 4 is 38.3 Å². The zero-order valence-electron chi connectivity index (χ0n) is 16.6. The maximum atomic E-state index is 13.4. The number of ether oxygens (including phenoxy) is 1. The maximum absolute atomic E-state index is 13.4. The van der Waals surface area contributed by atoms with Gasteiger partial charge < -0.3 is 4.74 Å². The van der Waals surface area contributed by atoms with Gasteiger partial charge in [0.15, 0.2) is 5.13 Å². The highest BCUT2D eigenvalue weighted by Gasteiger charge is 2.23. The smallest absolute Gasteiger partial charge is 0.270 e. The summed E-state index contributed by atoms with van der Waals surface area (Å²) in [5.41, 5.74) is 1.63. The Labute approximate surface area is 181 Å². The van der Waals surface area contributed by atoms with Crippen molar-refractivity contribution in [1.29, 1.82) is 0 Å². The van der Waals surface area contributed by atoms with E-state index in [0.717, 1.165) is 21.5 Å². The van der Waals surface area contributed by atoms with Gasteiger partial charge in [0.25, 0.3) is 11.6 Å². The SMILES string of the molecule is CCOc1ccc2nc(N(Cc3cccnc3)C(=O)c3cccc([N+](=O)[O-])c3)sc2c1. The third-order valence-electron chi connectivity index (χ3n) is 4.50. The van der Waals surface area contributed by atoms with Crippen molar-refractivity contribution in [2.45, 2.75) is 13.5 Å². The van der Waals surface area contributed by atoms with E-state index in [1.807, 2.05) is 31.2 Å². The van der Waals surface area contributed by atoms with Gasteiger partial charge in [0.05, 0.1) is 28.3 Å². The number of aromatic nitrogens is 2. The summed E-state index contributed by atoms with van der Waals surface area (Å²) in [4.78, 5) is 34.3. The molecular weight excluding hydrogens is 416 g/mol. The normalized spacial score (nSPS) is 10.7. The van der Waals surface area contributed by atoms with Crippen molar-refractivity contribution in [2.24, 2.45) is 0 Å². The summed E-state index contributed by atoms with van der Waals surface area (Å²) in [6, 6.07) is 14.9. The number of thiazole rings is 1. The van der Waals surface area contributed by atoms with Gasteiger partial charge in [-0.3, -0.25) is 24.8 Å². The fourth-order valence-electron chi connectivity index (χ4n) is 3.07. The zero-order valence-corrected chi connectivity index (χ0v) is 17.4. The molecule has 2 aromatic heterocycles. The lowest BCUT2D eigenvalue weighted by molar-refractivity contribution is -0.384. The predicted molar refractivity (Wildman–Crippen MR) is 119 cm³/mol. The Morgan fingerprint density at radius 1 is 1.19 bits per heavy atom. The van der Waals surface area contributed by atoms with Crippen LogP contribution in [0.1, 0.15) is 22.8 Å². The van der Waals surface area contributed by atoms with Gasteiger partial charge in [-0.25, -0.2) is 4.98 Å². The van der Waals surface area contributed by atoms with E-state index in [2.05, 4.69) is 9.97 Å². The number of amides is 1. The Morgan fingerprint density at radius 3 is 2.81 bits per heavy atom. The molecule has 0 fully saturated rings. The number of nitrogens with zero attached hydrogens (tertiary/aromatic N) is 4. The first-order valence-electron chi connectivity index (χ1n) is 9.54. The lowest BCUT2D eigenvalue weighted by atomic mass is 10.1. The average molecular weight is 434 g/mol. The molecule has 31 heavy (non-hydrogen) atoms. The second-order valence-electron chi connectivity index (χ2n) is 6.62. The van der Waals surface area contributed by atoms with Gasteiger partial charge in [0.1, 0.15) is 5.75 Å². The van der Waals surface area contributed by atoms with Gasteiger partial charge >= 0.3 is 0 Å². The molecule has 0 aliphatic heterocycles. The lowest BCUT2D eigenvalue weighted by Gasteiger charge is -2.20. The van der Waals surface area contributed by atoms with Crippen molar-refractivity contribution in [3.63, 3.8) is 0 Å². The van der Waals surface area contributed by atoms with E-state index in [9.17, 15) is 14.9 Å². The van der Waals surface area contributed by atoms with Gasteiger partial charge in [-0.2, -0.15) is 0 Å². The van der Waals surface area contributed by atoms with Crippen molar-refractivity contribution in [2.75, 3.05) is 11.5 Å². The molecular formula is C22H18N4O4S. The van der Waals surface area contributed by atoms with Gasteiger partial charge in [0.2, 0.25) is 0 Å². The molecule has 0 radical (unpaired) electrons. The highest BCUT2D eigenvalue weighted by atomic mass is 32.1. The minimum Gasteiger partial charge on any atom is -0.494 e.